The molecule has 30 heavy (non-hydrogen) atoms. The second-order valence-corrected chi connectivity index (χ2v) is 9.44. The summed E-state index contributed by atoms with van der Waals surface area (Å²) in [6.07, 6.45) is 1.99. The molecule has 0 saturated heterocycles. The van der Waals surface area contributed by atoms with Crippen LogP contribution in [0.15, 0.2) is 53.9 Å². The molecule has 0 fully saturated rings. The molecule has 10 heteroatoms. The fourth-order valence-electron chi connectivity index (χ4n) is 2.73. The van der Waals surface area contributed by atoms with Gasteiger partial charge in [-0.3, -0.25) is 14.6 Å². The third-order valence-corrected chi connectivity index (χ3v) is 6.73. The van der Waals surface area contributed by atoms with E-state index in [1.165, 1.54) is 18.1 Å². The van der Waals surface area contributed by atoms with Crippen LogP contribution in [0, 0.1) is 6.92 Å². The SMILES string of the molecule is CCCS(=O)(=O)Nc1cccc(NC(=O)c2ccc(CSc3ncn[nH]3)cc2)c1C. The van der Waals surface area contributed by atoms with Gasteiger partial charge in [0, 0.05) is 17.0 Å². The topological polar surface area (TPSA) is 117 Å². The summed E-state index contributed by atoms with van der Waals surface area (Å²) in [7, 11) is -3.41. The van der Waals surface area contributed by atoms with Crippen LogP contribution in [0.25, 0.3) is 0 Å². The Labute approximate surface area is 179 Å². The maximum absolute atomic E-state index is 12.6. The zero-order valence-electron chi connectivity index (χ0n) is 16.7. The molecule has 1 heterocycles. The van der Waals surface area contributed by atoms with Crippen LogP contribution in [0.1, 0.15) is 34.8 Å². The second kappa shape index (κ2) is 9.77. The molecular weight excluding hydrogens is 422 g/mol. The molecule has 0 aliphatic carbocycles. The minimum atomic E-state index is -3.41. The van der Waals surface area contributed by atoms with Crippen molar-refractivity contribution in [3.63, 3.8) is 0 Å². The largest absolute Gasteiger partial charge is 0.322 e. The normalized spacial score (nSPS) is 11.3. The van der Waals surface area contributed by atoms with Crippen molar-refractivity contribution in [2.75, 3.05) is 15.8 Å². The van der Waals surface area contributed by atoms with Crippen LogP contribution in [0.2, 0.25) is 0 Å². The van der Waals surface area contributed by atoms with E-state index >= 15 is 0 Å². The van der Waals surface area contributed by atoms with Gasteiger partial charge in [0.1, 0.15) is 6.33 Å². The molecule has 0 aliphatic rings. The summed E-state index contributed by atoms with van der Waals surface area (Å²) < 4.78 is 26.7. The fourth-order valence-corrected chi connectivity index (χ4v) is 4.66. The van der Waals surface area contributed by atoms with Gasteiger partial charge in [0.25, 0.3) is 5.91 Å². The predicted octanol–water partition coefficient (Wildman–Crippen LogP) is 3.81. The molecule has 0 aliphatic heterocycles. The number of nitrogens with one attached hydrogen (secondary N) is 3. The van der Waals surface area contributed by atoms with Crippen molar-refractivity contribution in [1.82, 2.24) is 15.2 Å². The highest BCUT2D eigenvalue weighted by Gasteiger charge is 2.14. The first-order valence-electron chi connectivity index (χ1n) is 9.36. The third kappa shape index (κ3) is 5.83. The number of benzene rings is 2. The number of carbonyl (C=O) groups excluding carboxylic acids is 1. The van der Waals surface area contributed by atoms with Crippen LogP contribution in [0.4, 0.5) is 11.4 Å². The highest BCUT2D eigenvalue weighted by molar-refractivity contribution is 7.98. The van der Waals surface area contributed by atoms with Gasteiger partial charge in [0.15, 0.2) is 5.16 Å². The van der Waals surface area contributed by atoms with E-state index in [1.54, 1.807) is 44.2 Å². The Hall–Kier alpha value is -2.85. The van der Waals surface area contributed by atoms with Crippen LogP contribution in [-0.4, -0.2) is 35.3 Å². The summed E-state index contributed by atoms with van der Waals surface area (Å²) in [6, 6.07) is 12.4. The summed E-state index contributed by atoms with van der Waals surface area (Å²) in [5.41, 5.74) is 3.24. The van der Waals surface area contributed by atoms with E-state index in [2.05, 4.69) is 25.2 Å². The number of H-pyrrole nitrogens is 1. The lowest BCUT2D eigenvalue weighted by Crippen LogP contribution is -2.18. The van der Waals surface area contributed by atoms with E-state index < -0.39 is 10.0 Å². The van der Waals surface area contributed by atoms with E-state index in [4.69, 9.17) is 0 Å². The van der Waals surface area contributed by atoms with E-state index in [9.17, 15) is 13.2 Å². The zero-order chi connectivity index (χ0) is 21.6. The molecule has 3 rings (SSSR count). The number of hydrogen-bond acceptors (Lipinski definition) is 6. The maximum atomic E-state index is 12.6. The molecule has 2 aromatic carbocycles. The number of nitrogens with zero attached hydrogens (tertiary/aromatic N) is 2. The standard InChI is InChI=1S/C20H23N5O3S2/c1-3-11-30(27,28)25-18-6-4-5-17(14(18)2)23-19(26)16-9-7-15(8-10-16)12-29-20-21-13-22-24-20/h4-10,13,25H,3,11-12H2,1-2H3,(H,23,26)(H,21,22,24). The van der Waals surface area contributed by atoms with E-state index in [1.807, 2.05) is 12.1 Å². The molecule has 3 aromatic rings. The summed E-state index contributed by atoms with van der Waals surface area (Å²) in [6.45, 7) is 3.57. The lowest BCUT2D eigenvalue weighted by Gasteiger charge is -2.14. The minimum Gasteiger partial charge on any atom is -0.322 e. The van der Waals surface area contributed by atoms with Gasteiger partial charge in [0.05, 0.1) is 11.4 Å². The van der Waals surface area contributed by atoms with Crippen LogP contribution in [0.5, 0.6) is 0 Å². The van der Waals surface area contributed by atoms with Gasteiger partial charge < -0.3 is 5.32 Å². The van der Waals surface area contributed by atoms with Crippen molar-refractivity contribution in [2.24, 2.45) is 0 Å². The minimum absolute atomic E-state index is 0.0457. The second-order valence-electron chi connectivity index (χ2n) is 6.63. The lowest BCUT2D eigenvalue weighted by molar-refractivity contribution is 0.102. The molecule has 0 unspecified atom stereocenters. The van der Waals surface area contributed by atoms with Gasteiger partial charge in [0.2, 0.25) is 10.0 Å². The number of aromatic nitrogens is 3. The molecule has 1 aromatic heterocycles. The summed E-state index contributed by atoms with van der Waals surface area (Å²) in [5, 5.41) is 10.2. The average Bonchev–Trinajstić information content (AvgIpc) is 3.23. The van der Waals surface area contributed by atoms with Crippen LogP contribution < -0.4 is 10.0 Å². The smallest absolute Gasteiger partial charge is 0.255 e. The Kier molecular flexibility index (Phi) is 7.11. The molecule has 1 amide bonds. The first-order chi connectivity index (χ1) is 14.4. The molecule has 0 atom stereocenters. The Morgan fingerprint density at radius 1 is 1.13 bits per heavy atom. The molecule has 0 spiro atoms. The Morgan fingerprint density at radius 3 is 2.53 bits per heavy atom. The van der Waals surface area contributed by atoms with E-state index in [0.29, 0.717) is 34.7 Å². The zero-order valence-corrected chi connectivity index (χ0v) is 18.3. The Balaban J connectivity index is 1.66. The predicted molar refractivity (Wildman–Crippen MR) is 119 cm³/mol. The summed E-state index contributed by atoms with van der Waals surface area (Å²) >= 11 is 1.52. The lowest BCUT2D eigenvalue weighted by atomic mass is 10.1. The number of anilines is 2. The van der Waals surface area contributed by atoms with Crippen molar-refractivity contribution < 1.29 is 13.2 Å². The van der Waals surface area contributed by atoms with Crippen molar-refractivity contribution in [3.05, 3.63) is 65.5 Å². The summed E-state index contributed by atoms with van der Waals surface area (Å²) in [4.78, 5) is 16.7. The molecule has 3 N–H and O–H groups in total. The first-order valence-corrected chi connectivity index (χ1v) is 12.0. The van der Waals surface area contributed by atoms with Crippen LogP contribution in [0.3, 0.4) is 0 Å². The highest BCUT2D eigenvalue weighted by atomic mass is 32.2. The third-order valence-electron chi connectivity index (χ3n) is 4.30. The fraction of sp³-hybridized carbons (Fsp3) is 0.250. The highest BCUT2D eigenvalue weighted by Crippen LogP contribution is 2.25. The maximum Gasteiger partial charge on any atom is 0.255 e. The monoisotopic (exact) mass is 445 g/mol. The van der Waals surface area contributed by atoms with Gasteiger partial charge >= 0.3 is 0 Å². The van der Waals surface area contributed by atoms with Crippen molar-refractivity contribution in [1.29, 1.82) is 0 Å². The molecule has 0 bridgehead atoms. The summed E-state index contributed by atoms with van der Waals surface area (Å²) in [5.74, 6) is 0.487. The molecular formula is C20H23N5O3S2. The Bertz CT molecular complexity index is 1100. The quantitative estimate of drug-likeness (QED) is 0.431. The number of carbonyl (C=O) groups is 1. The van der Waals surface area contributed by atoms with Gasteiger partial charge in [-0.05, 0) is 48.7 Å². The average molecular weight is 446 g/mol. The Morgan fingerprint density at radius 2 is 1.87 bits per heavy atom. The van der Waals surface area contributed by atoms with E-state index in [-0.39, 0.29) is 11.7 Å². The van der Waals surface area contributed by atoms with Gasteiger partial charge in [-0.2, -0.15) is 5.10 Å². The number of amides is 1. The number of aromatic amines is 1. The van der Waals surface area contributed by atoms with Gasteiger partial charge in [-0.25, -0.2) is 13.4 Å². The molecule has 8 nitrogen and oxygen atoms in total. The van der Waals surface area contributed by atoms with Crippen molar-refractivity contribution in [3.8, 4) is 0 Å². The van der Waals surface area contributed by atoms with E-state index in [0.717, 1.165) is 10.7 Å². The van der Waals surface area contributed by atoms with Crippen LogP contribution >= 0.6 is 11.8 Å². The molecule has 0 saturated carbocycles. The van der Waals surface area contributed by atoms with Gasteiger partial charge in [-0.1, -0.05) is 36.9 Å². The first kappa shape index (κ1) is 21.8. The number of rotatable bonds is 9. The number of thioether (sulfide) groups is 1. The molecule has 158 valence electrons. The van der Waals surface area contributed by atoms with Crippen LogP contribution in [-0.2, 0) is 15.8 Å². The number of sulfonamides is 1. The number of hydrogen-bond donors (Lipinski definition) is 3. The van der Waals surface area contributed by atoms with Gasteiger partial charge in [-0.15, -0.1) is 0 Å². The van der Waals surface area contributed by atoms with Crippen molar-refractivity contribution in [2.45, 2.75) is 31.2 Å². The van der Waals surface area contributed by atoms with Crippen molar-refractivity contribution >= 4 is 39.1 Å². The molecule has 0 radical (unpaired) electrons.